The van der Waals surface area contributed by atoms with Crippen LogP contribution in [0.4, 0.5) is 0 Å². The van der Waals surface area contributed by atoms with Crippen LogP contribution in [0.1, 0.15) is 20.3 Å². The zero-order chi connectivity index (χ0) is 7.11. The molecular formula is C6H12O2P+. The Hall–Kier alpha value is -0.200. The first-order valence-corrected chi connectivity index (χ1v) is 4.31. The molecule has 0 saturated carbocycles. The van der Waals surface area contributed by atoms with E-state index >= 15 is 0 Å². The van der Waals surface area contributed by atoms with E-state index < -0.39 is 8.03 Å². The predicted octanol–water partition coefficient (Wildman–Crippen LogP) is 2.69. The number of hydrogen-bond donors (Lipinski definition) is 0. The van der Waals surface area contributed by atoms with Crippen LogP contribution in [0.25, 0.3) is 0 Å². The molecule has 0 radical (unpaired) electrons. The standard InChI is InChI=1S/C6H12O2P/c1-3-5-6-9(7)8-4-2/h5-6H,3-4H2,1-2H3/q+1. The van der Waals surface area contributed by atoms with Crippen molar-refractivity contribution in [3.05, 3.63) is 11.9 Å². The lowest BCUT2D eigenvalue weighted by molar-refractivity contribution is 0.356. The highest BCUT2D eigenvalue weighted by atomic mass is 31.1. The van der Waals surface area contributed by atoms with Crippen molar-refractivity contribution in [2.24, 2.45) is 0 Å². The third-order valence-corrected chi connectivity index (χ3v) is 1.69. The van der Waals surface area contributed by atoms with Gasteiger partial charge in [-0.25, -0.2) is 0 Å². The summed E-state index contributed by atoms with van der Waals surface area (Å²) in [5.74, 6) is 1.60. The summed E-state index contributed by atoms with van der Waals surface area (Å²) in [6.45, 7) is 4.34. The van der Waals surface area contributed by atoms with E-state index in [4.69, 9.17) is 4.52 Å². The fourth-order valence-corrected chi connectivity index (χ4v) is 1.09. The average Bonchev–Trinajstić information content (AvgIpc) is 1.85. The maximum atomic E-state index is 10.6. The third kappa shape index (κ3) is 5.67. The minimum Gasteiger partial charge on any atom is -0.143 e. The van der Waals surface area contributed by atoms with Gasteiger partial charge in [-0.3, -0.25) is 0 Å². The Morgan fingerprint density at radius 2 is 2.22 bits per heavy atom. The lowest BCUT2D eigenvalue weighted by atomic mass is 10.5. The van der Waals surface area contributed by atoms with Gasteiger partial charge in [-0.15, -0.1) is 4.52 Å². The minimum absolute atomic E-state index is 0.517. The molecule has 52 valence electrons. The molecule has 0 saturated heterocycles. The Morgan fingerprint density at radius 3 is 2.67 bits per heavy atom. The number of allylic oxidation sites excluding steroid dienone is 1. The average molecular weight is 147 g/mol. The Balaban J connectivity index is 3.37. The Morgan fingerprint density at radius 1 is 1.56 bits per heavy atom. The monoisotopic (exact) mass is 147 g/mol. The highest BCUT2D eigenvalue weighted by Crippen LogP contribution is 2.22. The Bertz CT molecular complexity index is 110. The van der Waals surface area contributed by atoms with Gasteiger partial charge in [0.25, 0.3) is 0 Å². The van der Waals surface area contributed by atoms with E-state index in [0.717, 1.165) is 6.42 Å². The van der Waals surface area contributed by atoms with Gasteiger partial charge in [-0.2, -0.15) is 0 Å². The van der Waals surface area contributed by atoms with Crippen LogP contribution in [-0.2, 0) is 9.09 Å². The van der Waals surface area contributed by atoms with E-state index in [0.29, 0.717) is 6.61 Å². The fourth-order valence-electron chi connectivity index (χ4n) is 0.362. The maximum absolute atomic E-state index is 10.6. The number of hydrogen-bond acceptors (Lipinski definition) is 2. The van der Waals surface area contributed by atoms with Crippen LogP contribution < -0.4 is 0 Å². The summed E-state index contributed by atoms with van der Waals surface area (Å²) in [7, 11) is -1.52. The first-order valence-electron chi connectivity index (χ1n) is 3.07. The number of rotatable bonds is 4. The molecule has 0 spiro atoms. The highest BCUT2D eigenvalue weighted by molar-refractivity contribution is 7.42. The third-order valence-electron chi connectivity index (χ3n) is 0.719. The van der Waals surface area contributed by atoms with Crippen molar-refractivity contribution in [2.45, 2.75) is 20.3 Å². The summed E-state index contributed by atoms with van der Waals surface area (Å²) < 4.78 is 15.4. The van der Waals surface area contributed by atoms with E-state index in [9.17, 15) is 4.57 Å². The van der Waals surface area contributed by atoms with Crippen molar-refractivity contribution >= 4 is 8.03 Å². The lowest BCUT2D eigenvalue weighted by Gasteiger charge is -1.74. The molecule has 0 rings (SSSR count). The zero-order valence-electron chi connectivity index (χ0n) is 5.83. The topological polar surface area (TPSA) is 26.3 Å². The quantitative estimate of drug-likeness (QED) is 0.571. The second-order valence-electron chi connectivity index (χ2n) is 1.50. The molecule has 0 heterocycles. The molecule has 0 N–H and O–H groups in total. The fraction of sp³-hybridized carbons (Fsp3) is 0.667. The molecule has 0 aromatic rings. The largest absolute Gasteiger partial charge is 0.540 e. The van der Waals surface area contributed by atoms with Gasteiger partial charge in [0.15, 0.2) is 5.82 Å². The summed E-state index contributed by atoms with van der Waals surface area (Å²) in [5, 5.41) is 0. The van der Waals surface area contributed by atoms with Crippen molar-refractivity contribution in [3.8, 4) is 0 Å². The van der Waals surface area contributed by atoms with Crippen LogP contribution in [0.2, 0.25) is 0 Å². The second kappa shape index (κ2) is 5.93. The van der Waals surface area contributed by atoms with E-state index in [2.05, 4.69) is 0 Å². The van der Waals surface area contributed by atoms with Gasteiger partial charge in [0, 0.05) is 0 Å². The van der Waals surface area contributed by atoms with Gasteiger partial charge in [-0.1, -0.05) is 6.92 Å². The van der Waals surface area contributed by atoms with Crippen LogP contribution in [0.15, 0.2) is 11.9 Å². The molecule has 0 aliphatic heterocycles. The van der Waals surface area contributed by atoms with Gasteiger partial charge in [0.2, 0.25) is 0 Å². The molecule has 0 amide bonds. The molecule has 2 nitrogen and oxygen atoms in total. The van der Waals surface area contributed by atoms with Crippen molar-refractivity contribution in [3.63, 3.8) is 0 Å². The van der Waals surface area contributed by atoms with Gasteiger partial charge >= 0.3 is 8.03 Å². The molecule has 0 fully saturated rings. The van der Waals surface area contributed by atoms with Gasteiger partial charge in [0.1, 0.15) is 6.61 Å². The normalized spacial score (nSPS) is 12.4. The van der Waals surface area contributed by atoms with Crippen molar-refractivity contribution < 1.29 is 9.09 Å². The molecule has 0 aliphatic rings. The lowest BCUT2D eigenvalue weighted by Crippen LogP contribution is -1.72. The SMILES string of the molecule is CCC=C[P+](=O)OCC. The summed E-state index contributed by atoms with van der Waals surface area (Å²) in [4.78, 5) is 0. The van der Waals surface area contributed by atoms with E-state index in [-0.39, 0.29) is 0 Å². The molecular weight excluding hydrogens is 135 g/mol. The highest BCUT2D eigenvalue weighted by Gasteiger charge is 2.07. The molecule has 0 aliphatic carbocycles. The predicted molar refractivity (Wildman–Crippen MR) is 38.7 cm³/mol. The molecule has 9 heavy (non-hydrogen) atoms. The Kier molecular flexibility index (Phi) is 5.80. The van der Waals surface area contributed by atoms with Crippen molar-refractivity contribution in [2.75, 3.05) is 6.61 Å². The van der Waals surface area contributed by atoms with E-state index in [1.807, 2.05) is 19.9 Å². The van der Waals surface area contributed by atoms with Crippen LogP contribution in [0.5, 0.6) is 0 Å². The van der Waals surface area contributed by atoms with Crippen LogP contribution >= 0.6 is 8.03 Å². The smallest absolute Gasteiger partial charge is 0.143 e. The molecule has 1 atom stereocenters. The summed E-state index contributed by atoms with van der Waals surface area (Å²) >= 11 is 0. The van der Waals surface area contributed by atoms with E-state index in [1.165, 1.54) is 0 Å². The first-order chi connectivity index (χ1) is 4.31. The second-order valence-corrected chi connectivity index (χ2v) is 2.62. The summed E-state index contributed by atoms with van der Waals surface area (Å²) in [5.41, 5.74) is 0. The Labute approximate surface area is 56.8 Å². The van der Waals surface area contributed by atoms with Crippen LogP contribution in [0.3, 0.4) is 0 Å². The van der Waals surface area contributed by atoms with E-state index in [1.54, 1.807) is 5.82 Å². The molecule has 3 heteroatoms. The van der Waals surface area contributed by atoms with Gasteiger partial charge in [0.05, 0.1) is 0 Å². The zero-order valence-corrected chi connectivity index (χ0v) is 6.73. The molecule has 0 aromatic carbocycles. The molecule has 0 aromatic heterocycles. The van der Waals surface area contributed by atoms with Gasteiger partial charge in [-0.05, 0) is 24.0 Å². The molecule has 0 bridgehead atoms. The first kappa shape index (κ1) is 8.80. The summed E-state index contributed by atoms with van der Waals surface area (Å²) in [6, 6.07) is 0. The summed E-state index contributed by atoms with van der Waals surface area (Å²) in [6.07, 6.45) is 2.75. The van der Waals surface area contributed by atoms with Gasteiger partial charge < -0.3 is 0 Å². The molecule has 1 unspecified atom stereocenters. The van der Waals surface area contributed by atoms with Crippen LogP contribution in [-0.4, -0.2) is 6.61 Å². The van der Waals surface area contributed by atoms with Crippen molar-refractivity contribution in [1.82, 2.24) is 0 Å². The van der Waals surface area contributed by atoms with Crippen molar-refractivity contribution in [1.29, 1.82) is 0 Å². The minimum atomic E-state index is -1.52. The maximum Gasteiger partial charge on any atom is 0.540 e. The van der Waals surface area contributed by atoms with Crippen LogP contribution in [0, 0.1) is 0 Å².